The molecule has 0 unspecified atom stereocenters. The normalized spacial score (nSPS) is 11.6. The van der Waals surface area contributed by atoms with Crippen molar-refractivity contribution < 1.29 is 8.42 Å². The molecular weight excluding hydrogens is 420 g/mol. The van der Waals surface area contributed by atoms with Gasteiger partial charge in [-0.2, -0.15) is 0 Å². The number of hydrogen-bond donors (Lipinski definition) is 2. The van der Waals surface area contributed by atoms with Crippen LogP contribution in [-0.2, 0) is 9.84 Å². The molecule has 0 saturated carbocycles. The largest absolute Gasteiger partial charge is 0.397 e. The third-order valence-corrected chi connectivity index (χ3v) is 4.86. The third-order valence-electron chi connectivity index (χ3n) is 3.03. The van der Waals surface area contributed by atoms with Crippen LogP contribution in [0.1, 0.15) is 0 Å². The lowest BCUT2D eigenvalue weighted by atomic mass is 10.3. The van der Waals surface area contributed by atoms with Crippen molar-refractivity contribution in [2.45, 2.75) is 5.16 Å². The van der Waals surface area contributed by atoms with Crippen molar-refractivity contribution in [2.24, 2.45) is 0 Å². The number of benzene rings is 1. The molecule has 2 heterocycles. The van der Waals surface area contributed by atoms with E-state index in [4.69, 9.17) is 17.3 Å². The molecule has 0 amide bonds. The molecule has 11 heteroatoms. The molecule has 3 aromatic rings. The lowest BCUT2D eigenvalue weighted by Gasteiger charge is -2.10. The number of anilines is 3. The molecule has 0 atom stereocenters. The van der Waals surface area contributed by atoms with Gasteiger partial charge in [0.1, 0.15) is 17.4 Å². The zero-order chi connectivity index (χ0) is 17.5. The second-order valence-electron chi connectivity index (χ2n) is 4.86. The summed E-state index contributed by atoms with van der Waals surface area (Å²) in [6.45, 7) is 0. The van der Waals surface area contributed by atoms with Gasteiger partial charge in [0, 0.05) is 16.4 Å². The smallest absolute Gasteiger partial charge is 0.247 e. The maximum absolute atomic E-state index is 11.6. The second kappa shape index (κ2) is 6.11. The Kier molecular flexibility index (Phi) is 4.28. The fourth-order valence-corrected chi connectivity index (χ4v) is 3.20. The molecule has 0 fully saturated rings. The molecule has 0 aliphatic carbocycles. The number of nitrogens with one attached hydrogen (secondary N) is 1. The first kappa shape index (κ1) is 16.8. The summed E-state index contributed by atoms with van der Waals surface area (Å²) >= 11 is 9.37. The lowest BCUT2D eigenvalue weighted by molar-refractivity contribution is 0.593. The number of nitrogens with zero attached hydrogens (tertiary/aromatic N) is 4. The van der Waals surface area contributed by atoms with Crippen LogP contribution >= 0.6 is 27.5 Å². The zero-order valence-corrected chi connectivity index (χ0v) is 15.3. The van der Waals surface area contributed by atoms with Crippen molar-refractivity contribution in [3.8, 4) is 0 Å². The van der Waals surface area contributed by atoms with Gasteiger partial charge in [-0.1, -0.05) is 11.6 Å². The maximum atomic E-state index is 11.6. The van der Waals surface area contributed by atoms with Gasteiger partial charge in [-0.15, -0.1) is 0 Å². The average Bonchev–Trinajstić information content (AvgIpc) is 2.51. The van der Waals surface area contributed by atoms with Crippen LogP contribution in [0.25, 0.3) is 11.0 Å². The van der Waals surface area contributed by atoms with Crippen LogP contribution < -0.4 is 11.1 Å². The van der Waals surface area contributed by atoms with Gasteiger partial charge in [0.15, 0.2) is 5.82 Å². The van der Waals surface area contributed by atoms with Crippen LogP contribution in [0.3, 0.4) is 0 Å². The Morgan fingerprint density at radius 2 is 2.00 bits per heavy atom. The van der Waals surface area contributed by atoms with Crippen LogP contribution in [0.5, 0.6) is 0 Å². The molecule has 0 saturated heterocycles. The van der Waals surface area contributed by atoms with E-state index >= 15 is 0 Å². The van der Waals surface area contributed by atoms with Crippen molar-refractivity contribution >= 4 is 65.6 Å². The summed E-state index contributed by atoms with van der Waals surface area (Å²) in [5.41, 5.74) is 7.47. The topological polar surface area (TPSA) is 124 Å². The Balaban J connectivity index is 2.12. The maximum Gasteiger partial charge on any atom is 0.247 e. The molecule has 2 aromatic heterocycles. The van der Waals surface area contributed by atoms with E-state index in [1.807, 2.05) is 0 Å². The van der Waals surface area contributed by atoms with Gasteiger partial charge < -0.3 is 11.1 Å². The average molecular weight is 430 g/mol. The van der Waals surface area contributed by atoms with Crippen molar-refractivity contribution in [1.82, 2.24) is 19.9 Å². The molecule has 124 valence electrons. The van der Waals surface area contributed by atoms with E-state index in [0.717, 1.165) is 6.26 Å². The SMILES string of the molecule is CS(=O)(=O)c1ncc2ncnc(Nc3cc(Cl)c(N)c(Br)c3)c2n1. The van der Waals surface area contributed by atoms with Crippen molar-refractivity contribution in [1.29, 1.82) is 0 Å². The van der Waals surface area contributed by atoms with Crippen LogP contribution in [0.15, 0.2) is 34.3 Å². The van der Waals surface area contributed by atoms with E-state index in [2.05, 4.69) is 41.2 Å². The zero-order valence-electron chi connectivity index (χ0n) is 12.2. The predicted octanol–water partition coefficient (Wildman–Crippen LogP) is 2.56. The number of hydrogen-bond acceptors (Lipinski definition) is 8. The molecule has 0 spiro atoms. The summed E-state index contributed by atoms with van der Waals surface area (Å²) in [6, 6.07) is 3.34. The summed E-state index contributed by atoms with van der Waals surface area (Å²) in [4.78, 5) is 16.0. The van der Waals surface area contributed by atoms with E-state index in [-0.39, 0.29) is 10.7 Å². The number of fused-ring (bicyclic) bond motifs is 1. The highest BCUT2D eigenvalue weighted by atomic mass is 79.9. The number of aromatic nitrogens is 4. The van der Waals surface area contributed by atoms with E-state index in [1.165, 1.54) is 12.5 Å². The molecule has 24 heavy (non-hydrogen) atoms. The van der Waals surface area contributed by atoms with Crippen LogP contribution in [0, 0.1) is 0 Å². The number of rotatable bonds is 3. The lowest BCUT2D eigenvalue weighted by Crippen LogP contribution is -2.06. The molecule has 0 aliphatic rings. The number of halogens is 2. The highest BCUT2D eigenvalue weighted by Crippen LogP contribution is 2.33. The number of nitrogen functional groups attached to an aromatic ring is 1. The monoisotopic (exact) mass is 428 g/mol. The molecule has 0 aliphatic heterocycles. The minimum absolute atomic E-state index is 0.275. The second-order valence-corrected chi connectivity index (χ2v) is 8.03. The van der Waals surface area contributed by atoms with Gasteiger partial charge in [-0.05, 0) is 28.1 Å². The molecule has 3 N–H and O–H groups in total. The van der Waals surface area contributed by atoms with Crippen molar-refractivity contribution in [3.63, 3.8) is 0 Å². The van der Waals surface area contributed by atoms with Crippen molar-refractivity contribution in [3.05, 3.63) is 34.2 Å². The summed E-state index contributed by atoms with van der Waals surface area (Å²) in [5, 5.41) is 3.08. The molecule has 8 nitrogen and oxygen atoms in total. The first-order valence-electron chi connectivity index (χ1n) is 6.45. The molecule has 1 aromatic carbocycles. The Morgan fingerprint density at radius 3 is 2.67 bits per heavy atom. The van der Waals surface area contributed by atoms with Gasteiger partial charge in [0.05, 0.1) is 16.9 Å². The van der Waals surface area contributed by atoms with Gasteiger partial charge >= 0.3 is 0 Å². The Bertz CT molecular complexity index is 1040. The van der Waals surface area contributed by atoms with Gasteiger partial charge in [-0.3, -0.25) is 0 Å². The Hall–Kier alpha value is -2.04. The molecular formula is C13H10BrClN6O2S. The van der Waals surface area contributed by atoms with Crippen LogP contribution in [0.2, 0.25) is 5.02 Å². The quantitative estimate of drug-likeness (QED) is 0.481. The van der Waals surface area contributed by atoms with Crippen LogP contribution in [-0.4, -0.2) is 34.6 Å². The third kappa shape index (κ3) is 3.25. The first-order chi connectivity index (χ1) is 11.3. The first-order valence-corrected chi connectivity index (χ1v) is 9.51. The number of sulfone groups is 1. The van der Waals surface area contributed by atoms with E-state index in [9.17, 15) is 8.42 Å². The molecule has 0 bridgehead atoms. The molecule has 3 rings (SSSR count). The predicted molar refractivity (Wildman–Crippen MR) is 95.1 cm³/mol. The van der Waals surface area contributed by atoms with E-state index in [0.29, 0.717) is 32.2 Å². The minimum Gasteiger partial charge on any atom is -0.397 e. The van der Waals surface area contributed by atoms with Gasteiger partial charge in [-0.25, -0.2) is 28.4 Å². The fourth-order valence-electron chi connectivity index (χ4n) is 1.90. The van der Waals surface area contributed by atoms with E-state index < -0.39 is 9.84 Å². The summed E-state index contributed by atoms with van der Waals surface area (Å²) in [5.74, 6) is 0.319. The Morgan fingerprint density at radius 1 is 1.25 bits per heavy atom. The fraction of sp³-hybridized carbons (Fsp3) is 0.0769. The van der Waals surface area contributed by atoms with Gasteiger partial charge in [0.25, 0.3) is 0 Å². The Labute approximate surface area is 150 Å². The summed E-state index contributed by atoms with van der Waals surface area (Å²) in [7, 11) is -3.55. The highest BCUT2D eigenvalue weighted by Gasteiger charge is 2.15. The van der Waals surface area contributed by atoms with Crippen LogP contribution in [0.4, 0.5) is 17.2 Å². The highest BCUT2D eigenvalue weighted by molar-refractivity contribution is 9.10. The summed E-state index contributed by atoms with van der Waals surface area (Å²) in [6.07, 6.45) is 3.68. The van der Waals surface area contributed by atoms with E-state index in [1.54, 1.807) is 12.1 Å². The standard InChI is InChI=1S/C13H10BrClN6O2S/c1-24(22,23)13-17-4-9-11(21-13)12(19-5-18-9)20-6-2-7(14)10(16)8(15)3-6/h2-5H,16H2,1H3,(H,18,19,20). The van der Waals surface area contributed by atoms with Crippen molar-refractivity contribution in [2.75, 3.05) is 17.3 Å². The van der Waals surface area contributed by atoms with Gasteiger partial charge in [0.2, 0.25) is 15.0 Å². The summed E-state index contributed by atoms with van der Waals surface area (Å²) < 4.78 is 23.9. The molecule has 0 radical (unpaired) electrons. The minimum atomic E-state index is -3.55. The number of nitrogens with two attached hydrogens (primary N) is 1.